The highest BCUT2D eigenvalue weighted by molar-refractivity contribution is 5.19. The third-order valence-electron chi connectivity index (χ3n) is 2.60. The van der Waals surface area contributed by atoms with Gasteiger partial charge in [0.15, 0.2) is 0 Å². The first kappa shape index (κ1) is 14.2. The van der Waals surface area contributed by atoms with E-state index in [0.717, 1.165) is 18.8 Å². The van der Waals surface area contributed by atoms with E-state index in [4.69, 9.17) is 10.5 Å². The van der Waals surface area contributed by atoms with Crippen LogP contribution in [0.15, 0.2) is 12.4 Å². The van der Waals surface area contributed by atoms with E-state index in [9.17, 15) is 0 Å². The van der Waals surface area contributed by atoms with Crippen molar-refractivity contribution in [3.05, 3.63) is 24.0 Å². The summed E-state index contributed by atoms with van der Waals surface area (Å²) in [6.45, 7) is 6.87. The summed E-state index contributed by atoms with van der Waals surface area (Å²) in [5.41, 5.74) is 5.69. The highest BCUT2D eigenvalue weighted by atomic mass is 16.5. The van der Waals surface area contributed by atoms with Gasteiger partial charge < -0.3 is 15.0 Å². The smallest absolute Gasteiger partial charge is 0.321 e. The maximum absolute atomic E-state index is 5.69. The SMILES string of the molecule is CCCn1ccnc1Cc1nc(N)nc(OC(C)C)n1. The molecule has 0 aliphatic rings. The lowest BCUT2D eigenvalue weighted by Gasteiger charge is -2.09. The maximum Gasteiger partial charge on any atom is 0.321 e. The lowest BCUT2D eigenvalue weighted by atomic mass is 10.3. The quantitative estimate of drug-likeness (QED) is 0.858. The van der Waals surface area contributed by atoms with Crippen LogP contribution in [0.2, 0.25) is 0 Å². The maximum atomic E-state index is 5.69. The van der Waals surface area contributed by atoms with E-state index < -0.39 is 0 Å². The molecule has 7 heteroatoms. The van der Waals surface area contributed by atoms with Gasteiger partial charge in [0, 0.05) is 18.9 Å². The van der Waals surface area contributed by atoms with Crippen molar-refractivity contribution in [2.45, 2.75) is 46.3 Å². The van der Waals surface area contributed by atoms with E-state index in [-0.39, 0.29) is 18.1 Å². The molecule has 7 nitrogen and oxygen atoms in total. The minimum Gasteiger partial charge on any atom is -0.461 e. The zero-order valence-electron chi connectivity index (χ0n) is 12.1. The predicted octanol–water partition coefficient (Wildman–Crippen LogP) is 1.44. The van der Waals surface area contributed by atoms with Crippen molar-refractivity contribution < 1.29 is 4.74 Å². The van der Waals surface area contributed by atoms with Gasteiger partial charge in [0.05, 0.1) is 12.5 Å². The molecule has 0 aliphatic carbocycles. The summed E-state index contributed by atoms with van der Waals surface area (Å²) in [6.07, 6.45) is 5.28. The van der Waals surface area contributed by atoms with Crippen LogP contribution in [0, 0.1) is 0 Å². The number of aryl methyl sites for hydroxylation is 1. The zero-order valence-corrected chi connectivity index (χ0v) is 12.1. The van der Waals surface area contributed by atoms with Crippen molar-refractivity contribution >= 4 is 5.95 Å². The molecule has 0 saturated heterocycles. The Kier molecular flexibility index (Phi) is 4.49. The molecule has 0 spiro atoms. The van der Waals surface area contributed by atoms with Crippen LogP contribution in [0.4, 0.5) is 5.95 Å². The van der Waals surface area contributed by atoms with Crippen LogP contribution in [0.3, 0.4) is 0 Å². The molecular formula is C13H20N6O. The Balaban J connectivity index is 2.20. The predicted molar refractivity (Wildman–Crippen MR) is 75.3 cm³/mol. The normalized spacial score (nSPS) is 11.0. The first-order chi connectivity index (χ1) is 9.58. The molecule has 0 fully saturated rings. The average Bonchev–Trinajstić information content (AvgIpc) is 2.75. The Bertz CT molecular complexity index is 566. The fraction of sp³-hybridized carbons (Fsp3) is 0.538. The standard InChI is InChI=1S/C13H20N6O/c1-4-6-19-7-5-15-11(19)8-10-16-12(14)18-13(17-10)20-9(2)3/h5,7,9H,4,6,8H2,1-3H3,(H2,14,16,17,18). The third-order valence-corrected chi connectivity index (χ3v) is 2.60. The van der Waals surface area contributed by atoms with Gasteiger partial charge in [0.1, 0.15) is 11.6 Å². The summed E-state index contributed by atoms with van der Waals surface area (Å²) in [4.78, 5) is 16.7. The number of nitrogens with zero attached hydrogens (tertiary/aromatic N) is 5. The number of hydrogen-bond donors (Lipinski definition) is 1. The molecule has 0 bridgehead atoms. The number of imidazole rings is 1. The highest BCUT2D eigenvalue weighted by Crippen LogP contribution is 2.11. The van der Waals surface area contributed by atoms with E-state index in [1.165, 1.54) is 0 Å². The molecule has 2 aromatic heterocycles. The summed E-state index contributed by atoms with van der Waals surface area (Å²) in [5, 5.41) is 0. The first-order valence-corrected chi connectivity index (χ1v) is 6.75. The van der Waals surface area contributed by atoms with Gasteiger partial charge in [0.25, 0.3) is 0 Å². The van der Waals surface area contributed by atoms with E-state index in [0.29, 0.717) is 12.2 Å². The Hall–Kier alpha value is -2.18. The van der Waals surface area contributed by atoms with Crippen molar-refractivity contribution in [1.29, 1.82) is 0 Å². The van der Waals surface area contributed by atoms with E-state index >= 15 is 0 Å². The largest absolute Gasteiger partial charge is 0.461 e. The highest BCUT2D eigenvalue weighted by Gasteiger charge is 2.10. The molecule has 2 aromatic rings. The monoisotopic (exact) mass is 276 g/mol. The summed E-state index contributed by atoms with van der Waals surface area (Å²) in [6, 6.07) is 0.260. The van der Waals surface area contributed by atoms with Crippen LogP contribution in [0.5, 0.6) is 6.01 Å². The van der Waals surface area contributed by atoms with Crippen LogP contribution < -0.4 is 10.5 Å². The van der Waals surface area contributed by atoms with Crippen molar-refractivity contribution in [2.75, 3.05) is 5.73 Å². The lowest BCUT2D eigenvalue weighted by Crippen LogP contribution is -2.13. The van der Waals surface area contributed by atoms with Gasteiger partial charge in [-0.3, -0.25) is 0 Å². The minimum atomic E-state index is -0.00766. The molecule has 2 N–H and O–H groups in total. The van der Waals surface area contributed by atoms with E-state index in [2.05, 4.69) is 31.4 Å². The Morgan fingerprint density at radius 2 is 2.10 bits per heavy atom. The van der Waals surface area contributed by atoms with Gasteiger partial charge in [-0.1, -0.05) is 6.92 Å². The number of nitrogens with two attached hydrogens (primary N) is 1. The molecule has 2 rings (SSSR count). The molecule has 0 atom stereocenters. The second-order valence-electron chi connectivity index (χ2n) is 4.77. The topological polar surface area (TPSA) is 91.7 Å². The Labute approximate surface area is 118 Å². The van der Waals surface area contributed by atoms with Crippen LogP contribution in [-0.2, 0) is 13.0 Å². The summed E-state index contributed by atoms with van der Waals surface area (Å²) in [5.74, 6) is 1.64. The van der Waals surface area contributed by atoms with Crippen LogP contribution in [-0.4, -0.2) is 30.6 Å². The second kappa shape index (κ2) is 6.31. The molecular weight excluding hydrogens is 256 g/mol. The Morgan fingerprint density at radius 3 is 2.80 bits per heavy atom. The molecule has 2 heterocycles. The molecule has 0 unspecified atom stereocenters. The molecule has 0 radical (unpaired) electrons. The molecule has 0 aliphatic heterocycles. The van der Waals surface area contributed by atoms with Crippen molar-refractivity contribution in [3.63, 3.8) is 0 Å². The van der Waals surface area contributed by atoms with Crippen molar-refractivity contribution in [1.82, 2.24) is 24.5 Å². The van der Waals surface area contributed by atoms with Gasteiger partial charge >= 0.3 is 6.01 Å². The molecule has 108 valence electrons. The van der Waals surface area contributed by atoms with Gasteiger partial charge in [-0.2, -0.15) is 15.0 Å². The number of hydrogen-bond acceptors (Lipinski definition) is 6. The number of rotatable bonds is 6. The summed E-state index contributed by atoms with van der Waals surface area (Å²) >= 11 is 0. The van der Waals surface area contributed by atoms with Gasteiger partial charge in [0.2, 0.25) is 5.95 Å². The average molecular weight is 276 g/mol. The number of ether oxygens (including phenoxy) is 1. The van der Waals surface area contributed by atoms with Crippen LogP contribution in [0.1, 0.15) is 38.8 Å². The van der Waals surface area contributed by atoms with Crippen LogP contribution >= 0.6 is 0 Å². The third kappa shape index (κ3) is 3.66. The summed E-state index contributed by atoms with van der Waals surface area (Å²) < 4.78 is 7.55. The Morgan fingerprint density at radius 1 is 1.30 bits per heavy atom. The lowest BCUT2D eigenvalue weighted by molar-refractivity contribution is 0.221. The first-order valence-electron chi connectivity index (χ1n) is 6.75. The fourth-order valence-electron chi connectivity index (χ4n) is 1.85. The molecule has 20 heavy (non-hydrogen) atoms. The number of anilines is 1. The molecule has 0 saturated carbocycles. The second-order valence-corrected chi connectivity index (χ2v) is 4.77. The van der Waals surface area contributed by atoms with Gasteiger partial charge in [-0.25, -0.2) is 4.98 Å². The fourth-order valence-corrected chi connectivity index (χ4v) is 1.85. The van der Waals surface area contributed by atoms with Crippen LogP contribution in [0.25, 0.3) is 0 Å². The number of nitrogen functional groups attached to an aromatic ring is 1. The minimum absolute atomic E-state index is 0.00766. The van der Waals surface area contributed by atoms with Gasteiger partial charge in [-0.05, 0) is 20.3 Å². The molecule has 0 aromatic carbocycles. The van der Waals surface area contributed by atoms with E-state index in [1.54, 1.807) is 6.20 Å². The molecule has 0 amide bonds. The summed E-state index contributed by atoms with van der Waals surface area (Å²) in [7, 11) is 0. The van der Waals surface area contributed by atoms with Crippen molar-refractivity contribution in [2.24, 2.45) is 0 Å². The zero-order chi connectivity index (χ0) is 14.5. The van der Waals surface area contributed by atoms with E-state index in [1.807, 2.05) is 20.0 Å². The number of aromatic nitrogens is 5. The van der Waals surface area contributed by atoms with Crippen molar-refractivity contribution in [3.8, 4) is 6.01 Å². The van der Waals surface area contributed by atoms with Gasteiger partial charge in [-0.15, -0.1) is 0 Å².